The number of aryl methyl sites for hydroxylation is 1. The summed E-state index contributed by atoms with van der Waals surface area (Å²) in [4.78, 5) is 2.75. The number of azide groups is 1. The van der Waals surface area contributed by atoms with E-state index in [2.05, 4.69) is 26.0 Å². The zero-order valence-electron chi connectivity index (χ0n) is 6.66. The summed E-state index contributed by atoms with van der Waals surface area (Å²) in [5, 5.41) is 3.58. The van der Waals surface area contributed by atoms with Crippen molar-refractivity contribution in [3.05, 3.63) is 38.7 Å². The van der Waals surface area contributed by atoms with Gasteiger partial charge in [-0.3, -0.25) is 0 Å². The molecular weight excluding hydrogens is 218 g/mol. The van der Waals surface area contributed by atoms with Crippen LogP contribution in [0.2, 0.25) is 0 Å². The van der Waals surface area contributed by atoms with Crippen molar-refractivity contribution in [2.45, 2.75) is 13.3 Å². The largest absolute Gasteiger partial charge is 0.0613 e. The first kappa shape index (κ1) is 9.10. The number of benzene rings is 1. The lowest BCUT2D eigenvalue weighted by atomic mass is 10.1. The van der Waals surface area contributed by atoms with Crippen LogP contribution in [-0.4, -0.2) is 0 Å². The fraction of sp³-hybridized carbons (Fsp3) is 0.250. The van der Waals surface area contributed by atoms with E-state index in [1.165, 1.54) is 0 Å². The first-order valence-electron chi connectivity index (χ1n) is 3.61. The monoisotopic (exact) mass is 225 g/mol. The molecule has 0 aliphatic heterocycles. The van der Waals surface area contributed by atoms with E-state index in [4.69, 9.17) is 5.53 Å². The van der Waals surface area contributed by atoms with Crippen molar-refractivity contribution in [1.82, 2.24) is 0 Å². The first-order valence-corrected chi connectivity index (χ1v) is 4.40. The highest BCUT2D eigenvalue weighted by molar-refractivity contribution is 9.10. The van der Waals surface area contributed by atoms with Gasteiger partial charge in [-0.15, -0.1) is 0 Å². The smallest absolute Gasteiger partial charge is 0.0408 e. The van der Waals surface area contributed by atoms with Gasteiger partial charge in [0, 0.05) is 15.1 Å². The van der Waals surface area contributed by atoms with Gasteiger partial charge in [0.1, 0.15) is 0 Å². The average Bonchev–Trinajstić information content (AvgIpc) is 2.08. The van der Waals surface area contributed by atoms with E-state index in [1.54, 1.807) is 0 Å². The summed E-state index contributed by atoms with van der Waals surface area (Å²) < 4.78 is 1.01. The molecule has 0 aliphatic carbocycles. The van der Waals surface area contributed by atoms with Gasteiger partial charge in [0.25, 0.3) is 0 Å². The van der Waals surface area contributed by atoms with E-state index < -0.39 is 0 Å². The Morgan fingerprint density at radius 3 is 2.92 bits per heavy atom. The van der Waals surface area contributed by atoms with Gasteiger partial charge in [-0.05, 0) is 29.6 Å². The zero-order valence-corrected chi connectivity index (χ0v) is 8.24. The molecule has 0 radical (unpaired) electrons. The summed E-state index contributed by atoms with van der Waals surface area (Å²) in [7, 11) is 0. The molecule has 0 saturated carbocycles. The summed E-state index contributed by atoms with van der Waals surface area (Å²) in [5.74, 6) is 0. The topological polar surface area (TPSA) is 48.8 Å². The van der Waals surface area contributed by atoms with Crippen LogP contribution in [0.25, 0.3) is 10.4 Å². The van der Waals surface area contributed by atoms with Gasteiger partial charge >= 0.3 is 0 Å². The maximum Gasteiger partial charge on any atom is 0.0408 e. The Balaban J connectivity index is 3.19. The molecule has 0 aliphatic rings. The molecule has 1 aromatic carbocycles. The molecule has 0 bridgehead atoms. The molecule has 0 saturated heterocycles. The number of hydrogen-bond donors (Lipinski definition) is 0. The molecule has 62 valence electrons. The third-order valence-electron chi connectivity index (χ3n) is 1.57. The molecule has 0 atom stereocenters. The molecule has 3 nitrogen and oxygen atoms in total. The van der Waals surface area contributed by atoms with Gasteiger partial charge in [0.05, 0.1) is 0 Å². The van der Waals surface area contributed by atoms with E-state index >= 15 is 0 Å². The second-order valence-corrected chi connectivity index (χ2v) is 3.23. The van der Waals surface area contributed by atoms with Crippen molar-refractivity contribution < 1.29 is 0 Å². The van der Waals surface area contributed by atoms with E-state index in [9.17, 15) is 0 Å². The molecule has 0 spiro atoms. The molecule has 1 aromatic rings. The van der Waals surface area contributed by atoms with Crippen LogP contribution in [-0.2, 0) is 6.42 Å². The minimum atomic E-state index is 0.711. The molecule has 0 aromatic heterocycles. The molecule has 0 fully saturated rings. The number of halogens is 1. The Labute approximate surface area is 79.2 Å². The van der Waals surface area contributed by atoms with E-state index in [1.807, 2.05) is 25.1 Å². The van der Waals surface area contributed by atoms with Crippen molar-refractivity contribution in [3.63, 3.8) is 0 Å². The first-order chi connectivity index (χ1) is 5.77. The molecule has 1 rings (SSSR count). The Morgan fingerprint density at radius 1 is 1.58 bits per heavy atom. The van der Waals surface area contributed by atoms with Crippen LogP contribution in [0.4, 0.5) is 5.69 Å². The zero-order chi connectivity index (χ0) is 8.97. The fourth-order valence-corrected chi connectivity index (χ4v) is 1.39. The number of hydrogen-bond acceptors (Lipinski definition) is 1. The predicted octanol–water partition coefficient (Wildman–Crippen LogP) is 3.95. The van der Waals surface area contributed by atoms with Crippen LogP contribution in [0, 0.1) is 0 Å². The molecule has 0 amide bonds. The van der Waals surface area contributed by atoms with Gasteiger partial charge in [-0.25, -0.2) is 0 Å². The third-order valence-corrected chi connectivity index (χ3v) is 2.07. The van der Waals surface area contributed by atoms with E-state index in [0.29, 0.717) is 5.69 Å². The van der Waals surface area contributed by atoms with Crippen molar-refractivity contribution >= 4 is 21.6 Å². The second kappa shape index (κ2) is 4.14. The number of nitrogens with zero attached hydrogens (tertiary/aromatic N) is 3. The highest BCUT2D eigenvalue weighted by Gasteiger charge is 1.97. The summed E-state index contributed by atoms with van der Waals surface area (Å²) in [6.07, 6.45) is 0.869. The van der Waals surface area contributed by atoms with Gasteiger partial charge < -0.3 is 0 Å². The van der Waals surface area contributed by atoms with Crippen LogP contribution in [0.3, 0.4) is 0 Å². The SMILES string of the molecule is CCc1cc(Br)ccc1N=[N+]=[N-]. The lowest BCUT2D eigenvalue weighted by Crippen LogP contribution is -1.79. The second-order valence-electron chi connectivity index (χ2n) is 2.32. The minimum absolute atomic E-state index is 0.711. The van der Waals surface area contributed by atoms with Crippen LogP contribution in [0.5, 0.6) is 0 Å². The molecule has 12 heavy (non-hydrogen) atoms. The molecule has 0 heterocycles. The standard InChI is InChI=1S/C8H8BrN3/c1-2-6-5-7(9)3-4-8(6)11-12-10/h3-5H,2H2,1H3. The summed E-state index contributed by atoms with van der Waals surface area (Å²) in [6, 6.07) is 5.63. The van der Waals surface area contributed by atoms with Gasteiger partial charge in [-0.2, -0.15) is 0 Å². The minimum Gasteiger partial charge on any atom is -0.0613 e. The summed E-state index contributed by atoms with van der Waals surface area (Å²) >= 11 is 3.35. The Hall–Kier alpha value is -0.990. The molecule has 4 heteroatoms. The van der Waals surface area contributed by atoms with Crippen LogP contribution in [0.15, 0.2) is 27.8 Å². The predicted molar refractivity (Wildman–Crippen MR) is 52.3 cm³/mol. The normalized spacial score (nSPS) is 9.17. The van der Waals surface area contributed by atoms with Crippen molar-refractivity contribution in [3.8, 4) is 0 Å². The van der Waals surface area contributed by atoms with Crippen LogP contribution < -0.4 is 0 Å². The molecule has 0 unspecified atom stereocenters. The van der Waals surface area contributed by atoms with Crippen molar-refractivity contribution in [1.29, 1.82) is 0 Å². The van der Waals surface area contributed by atoms with Gasteiger partial charge in [0.15, 0.2) is 0 Å². The number of rotatable bonds is 2. The molecular formula is C8H8BrN3. The van der Waals surface area contributed by atoms with Crippen molar-refractivity contribution in [2.75, 3.05) is 0 Å². The Morgan fingerprint density at radius 2 is 2.33 bits per heavy atom. The van der Waals surface area contributed by atoms with E-state index in [0.717, 1.165) is 16.5 Å². The Kier molecular flexibility index (Phi) is 3.14. The van der Waals surface area contributed by atoms with Gasteiger partial charge in [0.2, 0.25) is 0 Å². The molecule has 0 N–H and O–H groups in total. The quantitative estimate of drug-likeness (QED) is 0.416. The Bertz CT molecular complexity index is 329. The van der Waals surface area contributed by atoms with Crippen molar-refractivity contribution in [2.24, 2.45) is 5.11 Å². The highest BCUT2D eigenvalue weighted by atomic mass is 79.9. The van der Waals surface area contributed by atoms with E-state index in [-0.39, 0.29) is 0 Å². The fourth-order valence-electron chi connectivity index (χ4n) is 0.983. The van der Waals surface area contributed by atoms with Crippen LogP contribution in [0.1, 0.15) is 12.5 Å². The lowest BCUT2D eigenvalue weighted by Gasteiger charge is -2.01. The lowest BCUT2D eigenvalue weighted by molar-refractivity contribution is 1.13. The van der Waals surface area contributed by atoms with Gasteiger partial charge in [-0.1, -0.05) is 34.0 Å². The maximum absolute atomic E-state index is 8.26. The highest BCUT2D eigenvalue weighted by Crippen LogP contribution is 2.23. The summed E-state index contributed by atoms with van der Waals surface area (Å²) in [6.45, 7) is 2.03. The van der Waals surface area contributed by atoms with Crippen LogP contribution >= 0.6 is 15.9 Å². The maximum atomic E-state index is 8.26. The summed E-state index contributed by atoms with van der Waals surface area (Å²) in [5.41, 5.74) is 10.0. The third kappa shape index (κ3) is 2.00. The average molecular weight is 226 g/mol.